The van der Waals surface area contributed by atoms with Gasteiger partial charge in [-0.2, -0.15) is 0 Å². The lowest BCUT2D eigenvalue weighted by Gasteiger charge is -2.43. The number of carbonyl (C=O) groups is 1. The number of amides is 1. The van der Waals surface area contributed by atoms with E-state index < -0.39 is 17.5 Å². The predicted octanol–water partition coefficient (Wildman–Crippen LogP) is 4.16. The zero-order valence-corrected chi connectivity index (χ0v) is 17.8. The first-order chi connectivity index (χ1) is 15.0. The van der Waals surface area contributed by atoms with Gasteiger partial charge in [-0.05, 0) is 38.3 Å². The first-order valence-electron chi connectivity index (χ1n) is 11.1. The van der Waals surface area contributed by atoms with E-state index in [0.717, 1.165) is 31.6 Å². The molecule has 1 aromatic carbocycles. The molecular formula is C23H29F2N3O3. The van der Waals surface area contributed by atoms with Crippen molar-refractivity contribution in [3.05, 3.63) is 41.6 Å². The molecule has 1 saturated heterocycles. The molecule has 2 fully saturated rings. The van der Waals surface area contributed by atoms with Crippen LogP contribution in [0.15, 0.2) is 28.8 Å². The van der Waals surface area contributed by atoms with Gasteiger partial charge in [-0.1, -0.05) is 24.4 Å². The van der Waals surface area contributed by atoms with Crippen LogP contribution in [0.5, 0.6) is 0 Å². The molecular weight excluding hydrogens is 404 g/mol. The summed E-state index contributed by atoms with van der Waals surface area (Å²) in [6.45, 7) is 4.26. The van der Waals surface area contributed by atoms with E-state index in [-0.39, 0.29) is 29.2 Å². The molecule has 1 amide bonds. The van der Waals surface area contributed by atoms with Crippen LogP contribution in [0.2, 0.25) is 0 Å². The fraction of sp³-hybridized carbons (Fsp3) is 0.565. The lowest BCUT2D eigenvalue weighted by Crippen LogP contribution is -2.57. The SMILES string of the molecule is CCO[C@H]1CN(C2CCCCC2)CC[C@@H]1NC(=O)c1cc(-c2ccc(F)cc2F)on1. The van der Waals surface area contributed by atoms with Crippen LogP contribution in [0.1, 0.15) is 55.9 Å². The van der Waals surface area contributed by atoms with Gasteiger partial charge in [0.05, 0.1) is 17.7 Å². The highest BCUT2D eigenvalue weighted by atomic mass is 19.1. The number of benzene rings is 1. The maximum atomic E-state index is 14.0. The van der Waals surface area contributed by atoms with Crippen LogP contribution < -0.4 is 5.32 Å². The van der Waals surface area contributed by atoms with Crippen LogP contribution in [-0.4, -0.2) is 53.8 Å². The predicted molar refractivity (Wildman–Crippen MR) is 112 cm³/mol. The van der Waals surface area contributed by atoms with Crippen LogP contribution in [0.25, 0.3) is 11.3 Å². The number of likely N-dealkylation sites (tertiary alicyclic amines) is 1. The van der Waals surface area contributed by atoms with Gasteiger partial charge < -0.3 is 14.6 Å². The molecule has 1 aliphatic carbocycles. The minimum absolute atomic E-state index is 0.0564. The van der Waals surface area contributed by atoms with E-state index in [9.17, 15) is 13.6 Å². The standard InChI is InChI=1S/C23H29F2N3O3/c1-2-30-22-14-28(16-6-4-3-5-7-16)11-10-19(22)26-23(29)20-13-21(31-27-20)17-9-8-15(24)12-18(17)25/h8-9,12-13,16,19,22H,2-7,10-11,14H2,1H3,(H,26,29)/t19-,22-/m0/s1. The summed E-state index contributed by atoms with van der Waals surface area (Å²) >= 11 is 0. The van der Waals surface area contributed by atoms with Crippen molar-refractivity contribution in [2.45, 2.75) is 63.6 Å². The van der Waals surface area contributed by atoms with Gasteiger partial charge in [-0.3, -0.25) is 9.69 Å². The van der Waals surface area contributed by atoms with Crippen molar-refractivity contribution in [1.29, 1.82) is 0 Å². The zero-order valence-electron chi connectivity index (χ0n) is 17.8. The molecule has 1 aliphatic heterocycles. The normalized spacial score (nSPS) is 23.1. The van der Waals surface area contributed by atoms with Crippen LogP contribution in [-0.2, 0) is 4.74 Å². The largest absolute Gasteiger partial charge is 0.375 e. The van der Waals surface area contributed by atoms with Crippen LogP contribution in [0, 0.1) is 11.6 Å². The molecule has 6 nitrogen and oxygen atoms in total. The van der Waals surface area contributed by atoms with Gasteiger partial charge in [0.25, 0.3) is 5.91 Å². The molecule has 1 aromatic heterocycles. The van der Waals surface area contributed by atoms with Gasteiger partial charge in [-0.15, -0.1) is 0 Å². The number of hydrogen-bond donors (Lipinski definition) is 1. The second kappa shape index (κ2) is 9.87. The first kappa shape index (κ1) is 21.9. The van der Waals surface area contributed by atoms with Crippen LogP contribution in [0.3, 0.4) is 0 Å². The van der Waals surface area contributed by atoms with Crippen molar-refractivity contribution in [3.8, 4) is 11.3 Å². The summed E-state index contributed by atoms with van der Waals surface area (Å²) in [4.78, 5) is 15.3. The van der Waals surface area contributed by atoms with Crippen molar-refractivity contribution in [2.24, 2.45) is 0 Å². The Kier molecular flexibility index (Phi) is 6.97. The Morgan fingerprint density at radius 3 is 2.77 bits per heavy atom. The average Bonchev–Trinajstić information content (AvgIpc) is 3.26. The van der Waals surface area contributed by atoms with E-state index in [1.54, 1.807) is 0 Å². The summed E-state index contributed by atoms with van der Waals surface area (Å²) in [6, 6.07) is 5.02. The quantitative estimate of drug-likeness (QED) is 0.741. The highest BCUT2D eigenvalue weighted by molar-refractivity contribution is 5.93. The Hall–Kier alpha value is -2.32. The van der Waals surface area contributed by atoms with E-state index in [2.05, 4.69) is 15.4 Å². The van der Waals surface area contributed by atoms with E-state index in [4.69, 9.17) is 9.26 Å². The smallest absolute Gasteiger partial charge is 0.273 e. The third-order valence-corrected chi connectivity index (χ3v) is 6.32. The summed E-state index contributed by atoms with van der Waals surface area (Å²) in [5, 5.41) is 6.80. The lowest BCUT2D eigenvalue weighted by molar-refractivity contribution is -0.0313. The van der Waals surface area contributed by atoms with Crippen molar-refractivity contribution in [3.63, 3.8) is 0 Å². The van der Waals surface area contributed by atoms with Gasteiger partial charge in [0.2, 0.25) is 0 Å². The topological polar surface area (TPSA) is 67.6 Å². The molecule has 2 aliphatic rings. The number of nitrogens with one attached hydrogen (secondary N) is 1. The molecule has 168 valence electrons. The van der Waals surface area contributed by atoms with Gasteiger partial charge in [0.1, 0.15) is 11.6 Å². The number of piperidine rings is 1. The number of halogens is 2. The van der Waals surface area contributed by atoms with E-state index in [1.165, 1.54) is 44.2 Å². The van der Waals surface area contributed by atoms with Crippen molar-refractivity contribution in [2.75, 3.05) is 19.7 Å². The summed E-state index contributed by atoms with van der Waals surface area (Å²) in [5.74, 6) is -1.76. The highest BCUT2D eigenvalue weighted by Gasteiger charge is 2.34. The van der Waals surface area contributed by atoms with Crippen molar-refractivity contribution < 1.29 is 22.8 Å². The fourth-order valence-electron chi connectivity index (χ4n) is 4.71. The fourth-order valence-corrected chi connectivity index (χ4v) is 4.71. The third kappa shape index (κ3) is 5.13. The molecule has 0 unspecified atom stereocenters. The number of rotatable bonds is 6. The lowest BCUT2D eigenvalue weighted by atomic mass is 9.91. The van der Waals surface area contributed by atoms with Crippen molar-refractivity contribution >= 4 is 5.91 Å². The third-order valence-electron chi connectivity index (χ3n) is 6.32. The van der Waals surface area contributed by atoms with Crippen LogP contribution in [0.4, 0.5) is 8.78 Å². The molecule has 4 rings (SSSR count). The van der Waals surface area contributed by atoms with E-state index in [0.29, 0.717) is 12.6 Å². The number of nitrogens with zero attached hydrogens (tertiary/aromatic N) is 2. The number of aromatic nitrogens is 1. The average molecular weight is 433 g/mol. The molecule has 2 heterocycles. The van der Waals surface area contributed by atoms with E-state index in [1.807, 2.05) is 6.92 Å². The second-order valence-corrected chi connectivity index (χ2v) is 8.35. The van der Waals surface area contributed by atoms with E-state index >= 15 is 0 Å². The maximum absolute atomic E-state index is 14.0. The molecule has 31 heavy (non-hydrogen) atoms. The minimum Gasteiger partial charge on any atom is -0.375 e. The van der Waals surface area contributed by atoms with Gasteiger partial charge >= 0.3 is 0 Å². The summed E-state index contributed by atoms with van der Waals surface area (Å²) in [7, 11) is 0. The Labute approximate surface area is 180 Å². The summed E-state index contributed by atoms with van der Waals surface area (Å²) in [5.41, 5.74) is 0.115. The summed E-state index contributed by atoms with van der Waals surface area (Å²) in [6.07, 6.45) is 7.05. The number of ether oxygens (including phenoxy) is 1. The Bertz CT molecular complexity index is 898. The Morgan fingerprint density at radius 2 is 2.03 bits per heavy atom. The van der Waals surface area contributed by atoms with Gasteiger partial charge in [-0.25, -0.2) is 8.78 Å². The molecule has 8 heteroatoms. The number of hydrogen-bond acceptors (Lipinski definition) is 5. The second-order valence-electron chi connectivity index (χ2n) is 8.35. The number of carbonyl (C=O) groups excluding carboxylic acids is 1. The minimum atomic E-state index is -0.769. The highest BCUT2D eigenvalue weighted by Crippen LogP contribution is 2.27. The molecule has 1 N–H and O–H groups in total. The molecule has 0 radical (unpaired) electrons. The van der Waals surface area contributed by atoms with Gasteiger partial charge in [0, 0.05) is 37.9 Å². The maximum Gasteiger partial charge on any atom is 0.273 e. The van der Waals surface area contributed by atoms with Gasteiger partial charge in [0.15, 0.2) is 11.5 Å². The van der Waals surface area contributed by atoms with Crippen molar-refractivity contribution in [1.82, 2.24) is 15.4 Å². The van der Waals surface area contributed by atoms with Crippen LogP contribution >= 0.6 is 0 Å². The summed E-state index contributed by atoms with van der Waals surface area (Å²) < 4.78 is 38.2. The monoisotopic (exact) mass is 433 g/mol. The molecule has 2 atom stereocenters. The molecule has 2 aromatic rings. The Balaban J connectivity index is 1.41. The molecule has 1 saturated carbocycles. The zero-order chi connectivity index (χ0) is 21.8. The first-order valence-corrected chi connectivity index (χ1v) is 11.1. The molecule has 0 spiro atoms. The Morgan fingerprint density at radius 1 is 1.23 bits per heavy atom. The molecule has 0 bridgehead atoms.